The van der Waals surface area contributed by atoms with E-state index in [1.165, 1.54) is 0 Å². The third-order valence-corrected chi connectivity index (χ3v) is 4.52. The molecule has 0 radical (unpaired) electrons. The zero-order chi connectivity index (χ0) is 20.8. The zero-order valence-electron chi connectivity index (χ0n) is 18.6. The first-order valence-electron chi connectivity index (χ1n) is 9.53. The van der Waals surface area contributed by atoms with Crippen molar-refractivity contribution in [3.8, 4) is 5.75 Å². The van der Waals surface area contributed by atoms with E-state index in [-0.39, 0.29) is 65.0 Å². The number of unbranched alkanes of at least 4 members (excludes halogenated alkanes) is 4. The largest absolute Gasteiger partial charge is 1.00 e. The van der Waals surface area contributed by atoms with Crippen LogP contribution in [0.2, 0.25) is 0 Å². The Morgan fingerprint density at radius 1 is 1.13 bits per heavy atom. The summed E-state index contributed by atoms with van der Waals surface area (Å²) >= 11 is 0. The Bertz CT molecular complexity index is 631. The van der Waals surface area contributed by atoms with Crippen molar-refractivity contribution in [3.05, 3.63) is 29.8 Å². The van der Waals surface area contributed by atoms with Crippen molar-refractivity contribution in [3.63, 3.8) is 0 Å². The van der Waals surface area contributed by atoms with Crippen LogP contribution in [0.5, 0.6) is 5.75 Å². The Morgan fingerprint density at radius 2 is 1.83 bits per heavy atom. The molecule has 1 N–H and O–H groups in total. The number of amides is 1. The molecule has 1 rings (SSSR count). The number of ether oxygens (including phenoxy) is 2. The molecule has 1 aromatic carbocycles. The topological polar surface area (TPSA) is 120 Å². The van der Waals surface area contributed by atoms with Gasteiger partial charge in [0, 0.05) is 13.5 Å². The molecule has 1 atom stereocenters. The van der Waals surface area contributed by atoms with E-state index in [0.717, 1.165) is 32.1 Å². The molecule has 0 aliphatic rings. The first-order valence-corrected chi connectivity index (χ1v) is 11.0. The molecule has 1 amide bonds. The van der Waals surface area contributed by atoms with Crippen LogP contribution in [0.1, 0.15) is 57.1 Å². The summed E-state index contributed by atoms with van der Waals surface area (Å²) in [6.07, 6.45) is 5.38. The molecule has 30 heavy (non-hydrogen) atoms. The molecule has 0 spiro atoms. The maximum Gasteiger partial charge on any atom is 1.00 e. The van der Waals surface area contributed by atoms with Crippen LogP contribution < -0.4 is 79.0 Å². The van der Waals surface area contributed by atoms with E-state index in [9.17, 15) is 19.1 Å². The fourth-order valence-corrected chi connectivity index (χ4v) is 2.94. The van der Waals surface area contributed by atoms with Gasteiger partial charge in [0.2, 0.25) is 5.91 Å². The molecule has 0 bridgehead atoms. The zero-order valence-corrected chi connectivity index (χ0v) is 23.5. The summed E-state index contributed by atoms with van der Waals surface area (Å²) in [5.41, 5.74) is 0.586. The van der Waals surface area contributed by atoms with Crippen molar-refractivity contribution in [2.45, 2.75) is 51.5 Å². The molecule has 0 aromatic heterocycles. The summed E-state index contributed by atoms with van der Waals surface area (Å²) < 4.78 is 25.7. The third kappa shape index (κ3) is 16.2. The fraction of sp³-hybridized carbons (Fsp3) is 0.632. The summed E-state index contributed by atoms with van der Waals surface area (Å²) in [4.78, 5) is 34.0. The number of methoxy groups -OCH3 is 1. The number of nitrogens with one attached hydrogen (secondary N) is 1. The second-order valence-electron chi connectivity index (χ2n) is 6.44. The van der Waals surface area contributed by atoms with Crippen LogP contribution in [0.25, 0.3) is 0 Å². The van der Waals surface area contributed by atoms with Gasteiger partial charge in [-0.05, 0) is 24.1 Å². The molecular weight excluding hydrogens is 431 g/mol. The summed E-state index contributed by atoms with van der Waals surface area (Å²) in [6, 6.07) is 6.06. The van der Waals surface area contributed by atoms with E-state index in [1.807, 2.05) is 0 Å². The molecule has 0 aliphatic heterocycles. The van der Waals surface area contributed by atoms with Crippen LogP contribution in [-0.4, -0.2) is 32.8 Å². The van der Waals surface area contributed by atoms with E-state index in [0.29, 0.717) is 30.9 Å². The summed E-state index contributed by atoms with van der Waals surface area (Å²) in [6.45, 7) is 2.42. The molecule has 160 valence electrons. The monoisotopic (exact) mass is 461 g/mol. The van der Waals surface area contributed by atoms with Crippen LogP contribution in [0.15, 0.2) is 24.3 Å². The van der Waals surface area contributed by atoms with Crippen molar-refractivity contribution >= 4 is 13.7 Å². The maximum atomic E-state index is 12.2. The molecule has 0 aliphatic carbocycles. The molecule has 11 heteroatoms. The number of phosphoric acid groups is 1. The predicted molar refractivity (Wildman–Crippen MR) is 102 cm³/mol. The average molecular weight is 461 g/mol. The fourth-order valence-electron chi connectivity index (χ4n) is 2.61. The molecule has 1 aromatic rings. The summed E-state index contributed by atoms with van der Waals surface area (Å²) in [5, 5.41) is 2.75. The van der Waals surface area contributed by atoms with Gasteiger partial charge in [0.05, 0.1) is 27.1 Å². The Labute approximate surface area is 223 Å². The SMILES string of the molecule is CCCCCCCC(=O)NC(COP(=O)([O-])[O-])c1cccc(OCCOC)c1.[Na+].[Na+]. The average Bonchev–Trinajstić information content (AvgIpc) is 2.64. The van der Waals surface area contributed by atoms with Crippen LogP contribution in [0, 0.1) is 0 Å². The van der Waals surface area contributed by atoms with E-state index in [4.69, 9.17) is 9.47 Å². The van der Waals surface area contributed by atoms with E-state index < -0.39 is 20.5 Å². The van der Waals surface area contributed by atoms with Gasteiger partial charge < -0.3 is 33.7 Å². The number of phosphoric ester groups is 1. The van der Waals surface area contributed by atoms with Crippen molar-refractivity contribution in [1.29, 1.82) is 0 Å². The Hall–Kier alpha value is 0.560. The second-order valence-corrected chi connectivity index (χ2v) is 7.59. The first kappa shape index (κ1) is 32.7. The minimum Gasteiger partial charge on any atom is -0.790 e. The van der Waals surface area contributed by atoms with Crippen LogP contribution >= 0.6 is 7.82 Å². The smallest absolute Gasteiger partial charge is 0.790 e. The molecule has 0 saturated heterocycles. The number of carbonyl (C=O) groups is 1. The van der Waals surface area contributed by atoms with Gasteiger partial charge in [0.25, 0.3) is 0 Å². The van der Waals surface area contributed by atoms with Crippen molar-refractivity contribution in [2.24, 2.45) is 0 Å². The number of benzene rings is 1. The Morgan fingerprint density at radius 3 is 2.47 bits per heavy atom. The van der Waals surface area contributed by atoms with Gasteiger partial charge in [0.1, 0.15) is 12.4 Å². The van der Waals surface area contributed by atoms with Gasteiger partial charge >= 0.3 is 59.1 Å². The van der Waals surface area contributed by atoms with Crippen molar-refractivity contribution in [1.82, 2.24) is 5.32 Å². The number of rotatable bonds is 15. The number of hydrogen-bond acceptors (Lipinski definition) is 7. The predicted octanol–water partition coefficient (Wildman–Crippen LogP) is -3.92. The molecule has 1 unspecified atom stereocenters. The minimum atomic E-state index is -5.15. The van der Waals surface area contributed by atoms with E-state index >= 15 is 0 Å². The Balaban J connectivity index is 0. The molecule has 0 heterocycles. The molecule has 0 saturated carbocycles. The molecule has 8 nitrogen and oxygen atoms in total. The summed E-state index contributed by atoms with van der Waals surface area (Å²) in [5.74, 6) is 0.322. The standard InChI is InChI=1S/C19H32NO7P.2Na/c1-3-4-5-6-7-11-19(21)20-18(15-27-28(22,23)24)16-9-8-10-17(14-16)26-13-12-25-2;;/h8-10,14,18H,3-7,11-13,15H2,1-2H3,(H,20,21)(H2,22,23,24);;/q;2*+1/p-2. The maximum absolute atomic E-state index is 12.2. The van der Waals surface area contributed by atoms with Gasteiger partial charge in [-0.25, -0.2) is 0 Å². The van der Waals surface area contributed by atoms with Crippen LogP contribution in [-0.2, 0) is 18.6 Å². The third-order valence-electron chi connectivity index (χ3n) is 4.06. The van der Waals surface area contributed by atoms with Gasteiger partial charge in [-0.15, -0.1) is 0 Å². The van der Waals surface area contributed by atoms with Gasteiger partial charge in [0.15, 0.2) is 0 Å². The van der Waals surface area contributed by atoms with E-state index in [2.05, 4.69) is 16.8 Å². The van der Waals surface area contributed by atoms with Gasteiger partial charge in [-0.3, -0.25) is 4.79 Å². The van der Waals surface area contributed by atoms with Crippen molar-refractivity contribution < 1.29 is 92.3 Å². The Kier molecular flexibility index (Phi) is 20.8. The summed E-state index contributed by atoms with van der Waals surface area (Å²) in [7, 11) is -3.59. The first-order chi connectivity index (χ1) is 13.4. The molecular formula is C19H30NNa2O7P. The van der Waals surface area contributed by atoms with Gasteiger partial charge in [-0.1, -0.05) is 44.7 Å². The quantitative estimate of drug-likeness (QED) is 0.161. The van der Waals surface area contributed by atoms with Crippen LogP contribution in [0.3, 0.4) is 0 Å². The number of carbonyl (C=O) groups excluding carboxylic acids is 1. The molecule has 0 fully saturated rings. The second kappa shape index (κ2) is 19.1. The normalized spacial score (nSPS) is 11.7. The van der Waals surface area contributed by atoms with E-state index in [1.54, 1.807) is 31.4 Å². The minimum absolute atomic E-state index is 0. The van der Waals surface area contributed by atoms with Gasteiger partial charge in [-0.2, -0.15) is 0 Å². The number of hydrogen-bond donors (Lipinski definition) is 1. The van der Waals surface area contributed by atoms with Crippen LogP contribution in [0.4, 0.5) is 0 Å². The van der Waals surface area contributed by atoms with Crippen molar-refractivity contribution in [2.75, 3.05) is 26.9 Å².